The molecule has 0 unspecified atom stereocenters. The van der Waals surface area contributed by atoms with Gasteiger partial charge in [0, 0.05) is 25.7 Å². The van der Waals surface area contributed by atoms with Gasteiger partial charge in [0.15, 0.2) is 5.76 Å². The Hall–Kier alpha value is -2.63. The fourth-order valence-electron chi connectivity index (χ4n) is 3.97. The number of furan rings is 1. The van der Waals surface area contributed by atoms with Crippen molar-refractivity contribution in [1.82, 2.24) is 4.90 Å². The van der Waals surface area contributed by atoms with Gasteiger partial charge in [-0.3, -0.25) is 9.69 Å². The molecule has 4 rings (SSSR count). The van der Waals surface area contributed by atoms with E-state index >= 15 is 0 Å². The lowest BCUT2D eigenvalue weighted by Crippen LogP contribution is -2.48. The number of piperidine rings is 1. The number of halogens is 2. The summed E-state index contributed by atoms with van der Waals surface area (Å²) in [4.78, 5) is 17.1. The van der Waals surface area contributed by atoms with Crippen LogP contribution >= 0.6 is 12.4 Å². The van der Waals surface area contributed by atoms with Crippen molar-refractivity contribution in [2.24, 2.45) is 0 Å². The molecule has 1 fully saturated rings. The monoisotopic (exact) mass is 428 g/mol. The van der Waals surface area contributed by atoms with Crippen LogP contribution in [0.5, 0.6) is 0 Å². The summed E-state index contributed by atoms with van der Waals surface area (Å²) in [5.41, 5.74) is 1.65. The second-order valence-corrected chi connectivity index (χ2v) is 7.41. The number of amides is 1. The molecule has 4 nitrogen and oxygen atoms in total. The van der Waals surface area contributed by atoms with Crippen molar-refractivity contribution in [1.29, 1.82) is 0 Å². The molecule has 1 amide bonds. The molecule has 0 aliphatic carbocycles. The Labute approximate surface area is 182 Å². The Morgan fingerprint density at radius 3 is 2.37 bits per heavy atom. The maximum Gasteiger partial charge on any atom is 0.294 e. The molecule has 2 aromatic carbocycles. The first-order chi connectivity index (χ1) is 14.2. The molecule has 1 aromatic heterocycles. The third-order valence-electron chi connectivity index (χ3n) is 5.54. The van der Waals surface area contributed by atoms with E-state index in [0.717, 1.165) is 38.9 Å². The van der Waals surface area contributed by atoms with E-state index < -0.39 is 0 Å². The molecular formula is C24H26ClFN2O2. The highest BCUT2D eigenvalue weighted by Gasteiger charge is 2.32. The number of rotatable bonds is 6. The molecule has 2 heterocycles. The molecule has 0 N–H and O–H groups in total. The number of para-hydroxylation sites is 1. The zero-order valence-corrected chi connectivity index (χ0v) is 17.6. The van der Waals surface area contributed by atoms with Gasteiger partial charge >= 0.3 is 0 Å². The van der Waals surface area contributed by atoms with Crippen LogP contribution in [-0.4, -0.2) is 36.5 Å². The van der Waals surface area contributed by atoms with Gasteiger partial charge in [0.05, 0.1) is 12.0 Å². The Bertz CT molecular complexity index is 925. The van der Waals surface area contributed by atoms with E-state index in [1.807, 2.05) is 6.07 Å². The third kappa shape index (κ3) is 5.10. The first-order valence-corrected chi connectivity index (χ1v) is 10.1. The minimum Gasteiger partial charge on any atom is -0.459 e. The van der Waals surface area contributed by atoms with Crippen molar-refractivity contribution >= 4 is 24.0 Å². The molecule has 6 heteroatoms. The summed E-state index contributed by atoms with van der Waals surface area (Å²) in [6.45, 7) is 2.75. The average Bonchev–Trinajstić information content (AvgIpc) is 3.30. The average molecular weight is 429 g/mol. The van der Waals surface area contributed by atoms with Crippen LogP contribution in [0, 0.1) is 5.82 Å². The fraction of sp³-hybridized carbons (Fsp3) is 0.292. The maximum atomic E-state index is 14.5. The van der Waals surface area contributed by atoms with E-state index in [4.69, 9.17) is 4.42 Å². The van der Waals surface area contributed by atoms with Gasteiger partial charge in [-0.1, -0.05) is 42.5 Å². The summed E-state index contributed by atoms with van der Waals surface area (Å²) in [6, 6.07) is 20.2. The zero-order chi connectivity index (χ0) is 20.1. The number of carbonyl (C=O) groups excluding carboxylic acids is 1. The first kappa shape index (κ1) is 22.1. The summed E-state index contributed by atoms with van der Waals surface area (Å²) in [6.07, 6.45) is 4.08. The number of hydrogen-bond acceptors (Lipinski definition) is 3. The van der Waals surface area contributed by atoms with Crippen LogP contribution in [0.3, 0.4) is 0 Å². The topological polar surface area (TPSA) is 36.7 Å². The Morgan fingerprint density at radius 1 is 1.00 bits per heavy atom. The van der Waals surface area contributed by atoms with E-state index in [9.17, 15) is 9.18 Å². The molecule has 0 radical (unpaired) electrons. The summed E-state index contributed by atoms with van der Waals surface area (Å²) >= 11 is 0. The van der Waals surface area contributed by atoms with Crippen LogP contribution in [0.1, 0.15) is 29.0 Å². The van der Waals surface area contributed by atoms with E-state index in [2.05, 4.69) is 29.2 Å². The van der Waals surface area contributed by atoms with Crippen molar-refractivity contribution < 1.29 is 13.6 Å². The van der Waals surface area contributed by atoms with Crippen molar-refractivity contribution in [3.05, 3.63) is 90.1 Å². The third-order valence-corrected chi connectivity index (χ3v) is 5.54. The molecule has 3 aromatic rings. The normalized spacial score (nSPS) is 14.8. The number of nitrogens with zero attached hydrogens (tertiary/aromatic N) is 2. The number of likely N-dealkylation sites (tertiary alicyclic amines) is 1. The highest BCUT2D eigenvalue weighted by Crippen LogP contribution is 2.28. The molecule has 1 aliphatic rings. The van der Waals surface area contributed by atoms with Crippen LogP contribution in [0.15, 0.2) is 77.4 Å². The number of carbonyl (C=O) groups is 1. The van der Waals surface area contributed by atoms with Gasteiger partial charge in [0.2, 0.25) is 0 Å². The lowest BCUT2D eigenvalue weighted by Gasteiger charge is -2.38. The molecule has 158 valence electrons. The van der Waals surface area contributed by atoms with Crippen LogP contribution in [0.25, 0.3) is 0 Å². The highest BCUT2D eigenvalue weighted by atomic mass is 35.5. The van der Waals surface area contributed by atoms with Crippen molar-refractivity contribution in [2.45, 2.75) is 25.3 Å². The fourth-order valence-corrected chi connectivity index (χ4v) is 3.97. The molecule has 1 saturated heterocycles. The van der Waals surface area contributed by atoms with Crippen molar-refractivity contribution in [2.75, 3.05) is 24.5 Å². The Kier molecular flexibility index (Phi) is 7.66. The minimum atomic E-state index is -0.390. The van der Waals surface area contributed by atoms with Gasteiger partial charge in [0.25, 0.3) is 5.91 Å². The number of benzene rings is 2. The Morgan fingerprint density at radius 2 is 1.70 bits per heavy atom. The van der Waals surface area contributed by atoms with Crippen LogP contribution in [0.2, 0.25) is 0 Å². The van der Waals surface area contributed by atoms with Gasteiger partial charge in [0.1, 0.15) is 5.82 Å². The van der Waals surface area contributed by atoms with Gasteiger partial charge in [-0.25, -0.2) is 4.39 Å². The first-order valence-electron chi connectivity index (χ1n) is 10.1. The van der Waals surface area contributed by atoms with E-state index in [1.165, 1.54) is 17.9 Å². The quantitative estimate of drug-likeness (QED) is 0.541. The second kappa shape index (κ2) is 10.4. The lowest BCUT2D eigenvalue weighted by atomic mass is 10.0. The molecular weight excluding hydrogens is 403 g/mol. The van der Waals surface area contributed by atoms with Gasteiger partial charge in [-0.2, -0.15) is 0 Å². The molecule has 0 bridgehead atoms. The standard InChI is InChI=1S/C24H25FN2O2.ClH/c25-21-9-4-5-10-22(21)27(24(28)23-11-6-18-29-23)20-13-16-26(17-14-20)15-12-19-7-2-1-3-8-19;/h1-11,18,20H,12-17H2;1H. The number of anilines is 1. The van der Waals surface area contributed by atoms with Gasteiger partial charge < -0.3 is 9.32 Å². The minimum absolute atomic E-state index is 0. The van der Waals surface area contributed by atoms with E-state index in [-0.39, 0.29) is 35.9 Å². The lowest BCUT2D eigenvalue weighted by molar-refractivity contribution is 0.0932. The predicted molar refractivity (Wildman–Crippen MR) is 119 cm³/mol. The van der Waals surface area contributed by atoms with E-state index in [0.29, 0.717) is 5.69 Å². The molecule has 0 atom stereocenters. The summed E-state index contributed by atoms with van der Waals surface area (Å²) < 4.78 is 19.9. The molecule has 0 spiro atoms. The largest absolute Gasteiger partial charge is 0.459 e. The molecule has 0 saturated carbocycles. The summed E-state index contributed by atoms with van der Waals surface area (Å²) in [5.74, 6) is -0.443. The summed E-state index contributed by atoms with van der Waals surface area (Å²) in [7, 11) is 0. The zero-order valence-electron chi connectivity index (χ0n) is 16.7. The van der Waals surface area contributed by atoms with Crippen LogP contribution in [0.4, 0.5) is 10.1 Å². The molecule has 30 heavy (non-hydrogen) atoms. The van der Waals surface area contributed by atoms with E-state index in [1.54, 1.807) is 35.2 Å². The SMILES string of the molecule is Cl.O=C(c1ccco1)N(c1ccccc1F)C1CCN(CCc2ccccc2)CC1. The summed E-state index contributed by atoms with van der Waals surface area (Å²) in [5, 5.41) is 0. The van der Waals surface area contributed by atoms with Gasteiger partial charge in [-0.05, 0) is 49.1 Å². The number of hydrogen-bond donors (Lipinski definition) is 0. The van der Waals surface area contributed by atoms with Crippen molar-refractivity contribution in [3.63, 3.8) is 0 Å². The predicted octanol–water partition coefficient (Wildman–Crippen LogP) is 5.19. The van der Waals surface area contributed by atoms with Gasteiger partial charge in [-0.15, -0.1) is 12.4 Å². The van der Waals surface area contributed by atoms with Crippen LogP contribution in [-0.2, 0) is 6.42 Å². The highest BCUT2D eigenvalue weighted by molar-refractivity contribution is 6.04. The maximum absolute atomic E-state index is 14.5. The Balaban J connectivity index is 0.00000256. The molecule has 1 aliphatic heterocycles. The smallest absolute Gasteiger partial charge is 0.294 e. The van der Waals surface area contributed by atoms with Crippen molar-refractivity contribution in [3.8, 4) is 0 Å². The van der Waals surface area contributed by atoms with Crippen LogP contribution < -0.4 is 4.90 Å². The second-order valence-electron chi connectivity index (χ2n) is 7.41.